The minimum atomic E-state index is 0.603. The van der Waals surface area contributed by atoms with Crippen molar-refractivity contribution in [2.45, 2.75) is 20.8 Å². The highest BCUT2D eigenvalue weighted by atomic mass is 16.5. The van der Waals surface area contributed by atoms with E-state index < -0.39 is 0 Å². The van der Waals surface area contributed by atoms with Crippen LogP contribution in [0.15, 0.2) is 36.7 Å². The number of anilines is 1. The Hall–Kier alpha value is -2.23. The van der Waals surface area contributed by atoms with Gasteiger partial charge in [-0.3, -0.25) is 4.98 Å². The summed E-state index contributed by atoms with van der Waals surface area (Å²) in [6.07, 6.45) is 3.43. The van der Waals surface area contributed by atoms with Crippen LogP contribution in [0.4, 0.5) is 5.69 Å². The number of ether oxygens (including phenoxy) is 2. The maximum absolute atomic E-state index is 5.69. The zero-order valence-electron chi connectivity index (χ0n) is 11.8. The molecule has 0 bridgehead atoms. The zero-order chi connectivity index (χ0) is 14.3. The van der Waals surface area contributed by atoms with E-state index in [4.69, 9.17) is 15.2 Å². The smallest absolute Gasteiger partial charge is 0.169 e. The Morgan fingerprint density at radius 1 is 1.05 bits per heavy atom. The molecule has 1 heterocycles. The van der Waals surface area contributed by atoms with Crippen molar-refractivity contribution in [3.05, 3.63) is 42.2 Å². The van der Waals surface area contributed by atoms with E-state index in [-0.39, 0.29) is 0 Å². The standard InChI is InChI=1S/C13H14N2O2.C2H6/c1-9-5-11(8-15-7-9)17-12-4-3-10(14)6-13(12)16-2;1-2/h3-8H,14H2,1-2H3;1-2H3. The topological polar surface area (TPSA) is 57.4 Å². The molecule has 0 saturated carbocycles. The van der Waals surface area contributed by atoms with Crippen molar-refractivity contribution < 1.29 is 9.47 Å². The number of benzene rings is 1. The van der Waals surface area contributed by atoms with E-state index in [0.717, 1.165) is 5.56 Å². The van der Waals surface area contributed by atoms with Crippen LogP contribution in [0.1, 0.15) is 19.4 Å². The second-order valence-electron chi connectivity index (χ2n) is 3.71. The molecule has 0 radical (unpaired) electrons. The van der Waals surface area contributed by atoms with Crippen molar-refractivity contribution in [2.24, 2.45) is 0 Å². The predicted molar refractivity (Wildman–Crippen MR) is 77.8 cm³/mol. The largest absolute Gasteiger partial charge is 0.493 e. The molecule has 102 valence electrons. The third kappa shape index (κ3) is 4.17. The van der Waals surface area contributed by atoms with Gasteiger partial charge in [-0.2, -0.15) is 0 Å². The van der Waals surface area contributed by atoms with Gasteiger partial charge in [0, 0.05) is 18.0 Å². The molecule has 0 unspecified atom stereocenters. The van der Waals surface area contributed by atoms with Crippen molar-refractivity contribution in [2.75, 3.05) is 12.8 Å². The first-order valence-corrected chi connectivity index (χ1v) is 6.22. The normalized spacial score (nSPS) is 9.26. The molecular weight excluding hydrogens is 240 g/mol. The number of hydrogen-bond donors (Lipinski definition) is 1. The summed E-state index contributed by atoms with van der Waals surface area (Å²) in [5, 5.41) is 0. The Kier molecular flexibility index (Phi) is 5.67. The lowest BCUT2D eigenvalue weighted by Crippen LogP contribution is -1.93. The third-order valence-corrected chi connectivity index (χ3v) is 2.27. The molecule has 0 aliphatic heterocycles. The van der Waals surface area contributed by atoms with Crippen LogP contribution < -0.4 is 15.2 Å². The molecule has 0 spiro atoms. The highest BCUT2D eigenvalue weighted by molar-refractivity contribution is 5.53. The van der Waals surface area contributed by atoms with Crippen molar-refractivity contribution >= 4 is 5.69 Å². The fraction of sp³-hybridized carbons (Fsp3) is 0.267. The van der Waals surface area contributed by atoms with E-state index in [0.29, 0.717) is 22.9 Å². The minimum Gasteiger partial charge on any atom is -0.493 e. The molecule has 2 aromatic rings. The molecule has 0 saturated heterocycles. The fourth-order valence-electron chi connectivity index (χ4n) is 1.48. The molecule has 0 amide bonds. The van der Waals surface area contributed by atoms with Gasteiger partial charge >= 0.3 is 0 Å². The van der Waals surface area contributed by atoms with Gasteiger partial charge in [-0.25, -0.2) is 0 Å². The average Bonchev–Trinajstić information content (AvgIpc) is 2.43. The monoisotopic (exact) mass is 260 g/mol. The fourth-order valence-corrected chi connectivity index (χ4v) is 1.48. The van der Waals surface area contributed by atoms with Crippen molar-refractivity contribution in [1.82, 2.24) is 4.98 Å². The Balaban J connectivity index is 0.000000861. The van der Waals surface area contributed by atoms with Crippen molar-refractivity contribution in [3.8, 4) is 17.2 Å². The first-order valence-electron chi connectivity index (χ1n) is 6.22. The average molecular weight is 260 g/mol. The number of pyridine rings is 1. The van der Waals surface area contributed by atoms with Gasteiger partial charge in [-0.05, 0) is 30.7 Å². The summed E-state index contributed by atoms with van der Waals surface area (Å²) in [4.78, 5) is 4.06. The lowest BCUT2D eigenvalue weighted by Gasteiger charge is -2.10. The summed E-state index contributed by atoms with van der Waals surface area (Å²) in [7, 11) is 1.58. The molecule has 19 heavy (non-hydrogen) atoms. The van der Waals surface area contributed by atoms with Gasteiger partial charge in [0.05, 0.1) is 13.3 Å². The van der Waals surface area contributed by atoms with Crippen LogP contribution >= 0.6 is 0 Å². The summed E-state index contributed by atoms with van der Waals surface area (Å²) < 4.78 is 10.9. The molecule has 2 rings (SSSR count). The molecule has 1 aromatic carbocycles. The lowest BCUT2D eigenvalue weighted by molar-refractivity contribution is 0.378. The van der Waals surface area contributed by atoms with E-state index in [9.17, 15) is 0 Å². The first-order chi connectivity index (χ1) is 9.19. The molecule has 1 aromatic heterocycles. The van der Waals surface area contributed by atoms with Crippen LogP contribution in [0.2, 0.25) is 0 Å². The predicted octanol–water partition coefficient (Wildman–Crippen LogP) is 3.80. The van der Waals surface area contributed by atoms with Crippen molar-refractivity contribution in [3.63, 3.8) is 0 Å². The number of methoxy groups -OCH3 is 1. The van der Waals surface area contributed by atoms with Crippen molar-refractivity contribution in [1.29, 1.82) is 0 Å². The summed E-state index contributed by atoms with van der Waals surface area (Å²) >= 11 is 0. The van der Waals surface area contributed by atoms with Crippen LogP contribution in [0.3, 0.4) is 0 Å². The van der Waals surface area contributed by atoms with Gasteiger partial charge in [-0.1, -0.05) is 13.8 Å². The number of nitrogens with zero attached hydrogens (tertiary/aromatic N) is 1. The van der Waals surface area contributed by atoms with Crippen LogP contribution in [0.25, 0.3) is 0 Å². The Labute approximate surface area is 114 Å². The summed E-state index contributed by atoms with van der Waals surface area (Å²) in [5.41, 5.74) is 7.35. The SMILES string of the molecule is CC.COc1cc(N)ccc1Oc1cncc(C)c1. The van der Waals surface area contributed by atoms with Gasteiger partial charge < -0.3 is 15.2 Å². The molecule has 2 N–H and O–H groups in total. The van der Waals surface area contributed by atoms with Gasteiger partial charge in [0.15, 0.2) is 11.5 Å². The highest BCUT2D eigenvalue weighted by Gasteiger charge is 2.06. The van der Waals surface area contributed by atoms with Gasteiger partial charge in [0.1, 0.15) is 5.75 Å². The summed E-state index contributed by atoms with van der Waals surface area (Å²) in [5.74, 6) is 1.90. The van der Waals surface area contributed by atoms with E-state index >= 15 is 0 Å². The number of hydrogen-bond acceptors (Lipinski definition) is 4. The molecule has 4 heteroatoms. The number of nitrogen functional groups attached to an aromatic ring is 1. The quantitative estimate of drug-likeness (QED) is 0.853. The maximum atomic E-state index is 5.69. The second-order valence-corrected chi connectivity index (χ2v) is 3.71. The first kappa shape index (κ1) is 14.8. The molecular formula is C15H20N2O2. The lowest BCUT2D eigenvalue weighted by atomic mass is 10.3. The zero-order valence-corrected chi connectivity index (χ0v) is 11.8. The Morgan fingerprint density at radius 3 is 2.42 bits per heavy atom. The van der Waals surface area contributed by atoms with E-state index in [2.05, 4.69) is 4.98 Å². The number of nitrogens with two attached hydrogens (primary N) is 1. The van der Waals surface area contributed by atoms with Crippen LogP contribution in [0, 0.1) is 6.92 Å². The summed E-state index contributed by atoms with van der Waals surface area (Å²) in [6, 6.07) is 7.17. The summed E-state index contributed by atoms with van der Waals surface area (Å²) in [6.45, 7) is 5.96. The Bertz CT molecular complexity index is 527. The van der Waals surface area contributed by atoms with E-state index in [1.807, 2.05) is 26.8 Å². The molecule has 4 nitrogen and oxygen atoms in total. The molecule has 0 aliphatic carbocycles. The van der Waals surface area contributed by atoms with Gasteiger partial charge in [0.25, 0.3) is 0 Å². The second kappa shape index (κ2) is 7.26. The van der Waals surface area contributed by atoms with Crippen LogP contribution in [-0.2, 0) is 0 Å². The van der Waals surface area contributed by atoms with Gasteiger partial charge in [0.2, 0.25) is 0 Å². The molecule has 0 fully saturated rings. The van der Waals surface area contributed by atoms with Gasteiger partial charge in [-0.15, -0.1) is 0 Å². The minimum absolute atomic E-state index is 0.603. The maximum Gasteiger partial charge on any atom is 0.169 e. The number of aryl methyl sites for hydroxylation is 1. The van der Waals surface area contributed by atoms with Crippen LogP contribution in [0.5, 0.6) is 17.2 Å². The van der Waals surface area contributed by atoms with E-state index in [1.165, 1.54) is 0 Å². The number of rotatable bonds is 3. The molecule has 0 atom stereocenters. The third-order valence-electron chi connectivity index (χ3n) is 2.27. The van der Waals surface area contributed by atoms with Crippen LogP contribution in [-0.4, -0.2) is 12.1 Å². The number of aromatic nitrogens is 1. The van der Waals surface area contributed by atoms with E-state index in [1.54, 1.807) is 37.7 Å². The molecule has 0 aliphatic rings. The highest BCUT2D eigenvalue weighted by Crippen LogP contribution is 2.32. The Morgan fingerprint density at radius 2 is 1.79 bits per heavy atom.